The van der Waals surface area contributed by atoms with Gasteiger partial charge in [0, 0.05) is 6.92 Å². The number of nitrogens with zero attached hydrogens (tertiary/aromatic N) is 1. The largest absolute Gasteiger partial charge is 0.374 e. The highest BCUT2D eigenvalue weighted by atomic mass is 31.2. The molecule has 1 saturated heterocycles. The quantitative estimate of drug-likeness (QED) is 0.172. The number of oxime groups is 1. The number of carbonyl (C=O) groups excluding carboxylic acids is 1. The van der Waals surface area contributed by atoms with Gasteiger partial charge in [-0.15, -0.1) is 0 Å². The molecule has 218 valence electrons. The van der Waals surface area contributed by atoms with Gasteiger partial charge < -0.3 is 33.6 Å². The van der Waals surface area contributed by atoms with Crippen LogP contribution in [0.1, 0.15) is 23.6 Å². The third-order valence-electron chi connectivity index (χ3n) is 6.26. The van der Waals surface area contributed by atoms with E-state index in [-0.39, 0.29) is 25.5 Å². The van der Waals surface area contributed by atoms with Crippen LogP contribution in [0.2, 0.25) is 0 Å². The summed E-state index contributed by atoms with van der Waals surface area (Å²) in [4.78, 5) is 36.3. The minimum atomic E-state index is -4.59. The lowest BCUT2D eigenvalue weighted by atomic mass is 9.95. The monoisotopic (exact) mass is 583 g/mol. The summed E-state index contributed by atoms with van der Waals surface area (Å²) in [5, 5.41) is 3.96. The van der Waals surface area contributed by atoms with E-state index in [4.69, 9.17) is 23.8 Å². The van der Waals surface area contributed by atoms with Gasteiger partial charge in [0.15, 0.2) is 0 Å². The second kappa shape index (κ2) is 15.1. The minimum Gasteiger partial charge on any atom is -0.374 e. The van der Waals surface area contributed by atoms with Crippen molar-refractivity contribution in [2.75, 3.05) is 12.8 Å². The van der Waals surface area contributed by atoms with Crippen molar-refractivity contribution in [1.29, 1.82) is 0 Å². The molecular formula is C30H34NO9P. The number of carbonyl (C=O) groups is 1. The van der Waals surface area contributed by atoms with Crippen molar-refractivity contribution in [3.05, 3.63) is 108 Å². The van der Waals surface area contributed by atoms with Crippen molar-refractivity contribution in [2.45, 2.75) is 51.2 Å². The van der Waals surface area contributed by atoms with Crippen LogP contribution in [0.4, 0.5) is 0 Å². The highest BCUT2D eigenvalue weighted by Gasteiger charge is 2.47. The molecule has 11 heteroatoms. The van der Waals surface area contributed by atoms with E-state index in [1.165, 1.54) is 6.92 Å². The van der Waals surface area contributed by atoms with Crippen molar-refractivity contribution in [2.24, 2.45) is 5.16 Å². The van der Waals surface area contributed by atoms with Gasteiger partial charge in [-0.05, 0) is 16.7 Å². The van der Waals surface area contributed by atoms with E-state index in [0.717, 1.165) is 16.7 Å². The molecule has 0 unspecified atom stereocenters. The highest BCUT2D eigenvalue weighted by Crippen LogP contribution is 2.39. The van der Waals surface area contributed by atoms with Crippen molar-refractivity contribution in [3.63, 3.8) is 0 Å². The summed E-state index contributed by atoms with van der Waals surface area (Å²) in [5.41, 5.74) is 2.72. The Kier molecular flexibility index (Phi) is 11.4. The molecule has 10 nitrogen and oxygen atoms in total. The van der Waals surface area contributed by atoms with E-state index in [9.17, 15) is 19.1 Å². The predicted molar refractivity (Wildman–Crippen MR) is 151 cm³/mol. The van der Waals surface area contributed by atoms with Gasteiger partial charge in [0.25, 0.3) is 0 Å². The number of hydrogen-bond acceptors (Lipinski definition) is 8. The fourth-order valence-electron chi connectivity index (χ4n) is 4.39. The Morgan fingerprint density at radius 1 is 0.829 bits per heavy atom. The molecule has 1 aliphatic rings. The third-order valence-corrected chi connectivity index (χ3v) is 7.07. The first-order chi connectivity index (χ1) is 19.8. The molecule has 1 fully saturated rings. The lowest BCUT2D eigenvalue weighted by Gasteiger charge is -2.42. The molecule has 3 aromatic rings. The van der Waals surface area contributed by atoms with E-state index >= 15 is 0 Å². The van der Waals surface area contributed by atoms with Crippen LogP contribution in [0, 0.1) is 0 Å². The van der Waals surface area contributed by atoms with E-state index < -0.39 is 44.1 Å². The van der Waals surface area contributed by atoms with Gasteiger partial charge in [0.1, 0.15) is 30.1 Å². The minimum absolute atomic E-state index is 0.0110. The van der Waals surface area contributed by atoms with Gasteiger partial charge >= 0.3 is 13.6 Å². The van der Waals surface area contributed by atoms with Gasteiger partial charge in [-0.1, -0.05) is 96.2 Å². The molecule has 0 radical (unpaired) electrons. The molecule has 0 amide bonds. The number of hydrogen-bond donors (Lipinski definition) is 2. The lowest BCUT2D eigenvalue weighted by molar-refractivity contribution is -0.174. The predicted octanol–water partition coefficient (Wildman–Crippen LogP) is 4.24. The molecule has 1 heterocycles. The molecule has 4 atom stereocenters. The summed E-state index contributed by atoms with van der Waals surface area (Å²) in [6, 6.07) is 28.5. The zero-order valence-electron chi connectivity index (χ0n) is 22.7. The Balaban J connectivity index is 1.66. The molecule has 0 aliphatic carbocycles. The van der Waals surface area contributed by atoms with Crippen LogP contribution < -0.4 is 0 Å². The van der Waals surface area contributed by atoms with Crippen molar-refractivity contribution >= 4 is 19.3 Å². The summed E-state index contributed by atoms with van der Waals surface area (Å²) in [5.74, 6) is -0.704. The Morgan fingerprint density at radius 2 is 1.34 bits per heavy atom. The average Bonchev–Trinajstić information content (AvgIpc) is 2.95. The molecule has 0 bridgehead atoms. The van der Waals surface area contributed by atoms with E-state index in [0.29, 0.717) is 6.61 Å². The topological polar surface area (TPSA) is 133 Å². The van der Waals surface area contributed by atoms with Gasteiger partial charge in [-0.2, -0.15) is 0 Å². The third kappa shape index (κ3) is 9.98. The summed E-state index contributed by atoms with van der Waals surface area (Å²) in [7, 11) is -4.59. The second-order valence-electron chi connectivity index (χ2n) is 9.59. The molecule has 0 saturated carbocycles. The van der Waals surface area contributed by atoms with Crippen molar-refractivity contribution in [1.82, 2.24) is 0 Å². The maximum atomic E-state index is 12.1. The van der Waals surface area contributed by atoms with E-state index in [1.54, 1.807) is 0 Å². The SMILES string of the molecule is CC(=O)O/N=C1/[C@@H](OCc2ccccc2)[C@H](OCc2ccccc2)[C@@H](COCc2ccccc2)O[C@@H]1CP(=O)(O)O. The van der Waals surface area contributed by atoms with Crippen LogP contribution in [0.5, 0.6) is 0 Å². The van der Waals surface area contributed by atoms with Crippen molar-refractivity contribution < 1.29 is 42.9 Å². The normalized spacial score (nSPS) is 22.0. The summed E-state index contributed by atoms with van der Waals surface area (Å²) < 4.78 is 37.0. The molecule has 2 N–H and O–H groups in total. The van der Waals surface area contributed by atoms with Crippen LogP contribution in [0.15, 0.2) is 96.2 Å². The van der Waals surface area contributed by atoms with E-state index in [2.05, 4.69) is 5.16 Å². The van der Waals surface area contributed by atoms with Crippen molar-refractivity contribution in [3.8, 4) is 0 Å². The van der Waals surface area contributed by atoms with Crippen LogP contribution in [0.25, 0.3) is 0 Å². The lowest BCUT2D eigenvalue weighted by Crippen LogP contribution is -2.59. The molecule has 3 aromatic carbocycles. The Hall–Kier alpha value is -3.21. The smallest absolute Gasteiger partial charge is 0.331 e. The summed E-state index contributed by atoms with van der Waals surface area (Å²) in [6.07, 6.45) is -4.52. The van der Waals surface area contributed by atoms with Crippen LogP contribution >= 0.6 is 7.60 Å². The van der Waals surface area contributed by atoms with Crippen LogP contribution in [0.3, 0.4) is 0 Å². The van der Waals surface area contributed by atoms with Crippen LogP contribution in [-0.2, 0) is 53.0 Å². The Morgan fingerprint density at radius 3 is 1.85 bits per heavy atom. The maximum absolute atomic E-state index is 12.1. The van der Waals surface area contributed by atoms with Gasteiger partial charge in [-0.3, -0.25) is 4.57 Å². The Labute approximate surface area is 239 Å². The first-order valence-corrected chi connectivity index (χ1v) is 15.0. The molecule has 41 heavy (non-hydrogen) atoms. The van der Waals surface area contributed by atoms with Crippen LogP contribution in [-0.4, -0.2) is 58.7 Å². The molecule has 0 aromatic heterocycles. The number of ether oxygens (including phenoxy) is 4. The zero-order chi connectivity index (χ0) is 29.1. The molecular weight excluding hydrogens is 549 g/mol. The molecule has 0 spiro atoms. The zero-order valence-corrected chi connectivity index (χ0v) is 23.5. The maximum Gasteiger partial charge on any atom is 0.331 e. The summed E-state index contributed by atoms with van der Waals surface area (Å²) >= 11 is 0. The first-order valence-electron chi connectivity index (χ1n) is 13.2. The second-order valence-corrected chi connectivity index (χ2v) is 11.3. The molecule has 4 rings (SSSR count). The first kappa shape index (κ1) is 30.7. The number of rotatable bonds is 13. The fourth-order valence-corrected chi connectivity index (χ4v) is 5.09. The summed E-state index contributed by atoms with van der Waals surface area (Å²) in [6.45, 7) is 1.84. The molecule has 1 aliphatic heterocycles. The standard InChI is InChI=1S/C30H34NO9P/c1-22(32)40-31-28-27(21-41(33,34)35)39-26(20-36-17-23-11-5-2-6-12-23)29(37-18-24-13-7-3-8-14-24)30(28)38-19-25-15-9-4-10-16-25/h2-16,26-27,29-30H,17-21H2,1H3,(H2,33,34,35)/b31-28+/t26-,27-,29-,30-/m1/s1. The highest BCUT2D eigenvalue weighted by molar-refractivity contribution is 7.51. The van der Waals surface area contributed by atoms with Gasteiger partial charge in [0.2, 0.25) is 0 Å². The average molecular weight is 584 g/mol. The van der Waals surface area contributed by atoms with Gasteiger partial charge in [0.05, 0.1) is 32.6 Å². The van der Waals surface area contributed by atoms with Gasteiger partial charge in [-0.25, -0.2) is 4.79 Å². The fraction of sp³-hybridized carbons (Fsp3) is 0.333. The van der Waals surface area contributed by atoms with E-state index in [1.807, 2.05) is 91.0 Å². The Bertz CT molecular complexity index is 1300. The number of benzene rings is 3.